The standard InChI is InChI=1S/C67H127N2O7P/c1-7-10-13-16-19-22-25-28-30-31-32-33-34-35-36-37-38-39-40-42-45-48-51-54-57-60-67(71)76-65(58-55-52-49-46-43-27-24-21-18-15-12-9-3)64(63-75-77(72,73)74-62-61-69(4,5)6)68-66(70)59-56-53-50-47-44-41-29-26-23-20-17-14-11-8-2/h11,14,20,23,28,30,55,58,64-65H,7-10,12-13,15-19,21-22,24-27,29,31-54,56-57,59-63H2,1-6H3,(H-,68,70,72,73)/b14-11+,23-20+,30-28+,58-55-. The highest BCUT2D eigenvalue weighted by molar-refractivity contribution is 7.45. The second kappa shape index (κ2) is 57.2. The van der Waals surface area contributed by atoms with Crippen molar-refractivity contribution in [3.63, 3.8) is 0 Å². The molecule has 452 valence electrons. The number of esters is 1. The Bertz CT molecular complexity index is 1460. The average Bonchev–Trinajstić information content (AvgIpc) is 3.39. The van der Waals surface area contributed by atoms with E-state index in [2.05, 4.69) is 62.5 Å². The monoisotopic (exact) mass is 1100 g/mol. The average molecular weight is 1100 g/mol. The molecule has 0 fully saturated rings. The zero-order valence-electron chi connectivity index (χ0n) is 51.7. The summed E-state index contributed by atoms with van der Waals surface area (Å²) < 4.78 is 30.3. The Morgan fingerprint density at radius 1 is 0.468 bits per heavy atom. The number of ether oxygens (including phenoxy) is 1. The molecule has 0 aliphatic rings. The molecule has 0 saturated heterocycles. The SMILES string of the molecule is CC/C=C/C/C=C/CCCCCCCCCC(=O)NC(COP(=O)([O-])OCC[N+](C)(C)C)C(/C=C\CCCCCCCCCCCC)OC(=O)CCCCCCCCCCCCCCCCC/C=C/CCCCCCCC. The van der Waals surface area contributed by atoms with Gasteiger partial charge in [0, 0.05) is 12.8 Å². The highest BCUT2D eigenvalue weighted by atomic mass is 31.2. The molecule has 0 bridgehead atoms. The van der Waals surface area contributed by atoms with Crippen LogP contribution >= 0.6 is 7.82 Å². The number of amides is 1. The summed E-state index contributed by atoms with van der Waals surface area (Å²) in [6, 6.07) is -0.890. The van der Waals surface area contributed by atoms with Crippen LogP contribution in [0, 0.1) is 0 Å². The summed E-state index contributed by atoms with van der Waals surface area (Å²) in [4.78, 5) is 40.0. The molecule has 0 aromatic rings. The van der Waals surface area contributed by atoms with Crippen molar-refractivity contribution < 1.29 is 37.3 Å². The first-order chi connectivity index (χ1) is 37.4. The van der Waals surface area contributed by atoms with Crippen LogP contribution in [-0.4, -0.2) is 69.4 Å². The number of hydrogen-bond acceptors (Lipinski definition) is 7. The predicted molar refractivity (Wildman–Crippen MR) is 330 cm³/mol. The Morgan fingerprint density at radius 2 is 0.831 bits per heavy atom. The Labute approximate surface area is 478 Å². The zero-order valence-corrected chi connectivity index (χ0v) is 52.6. The second-order valence-electron chi connectivity index (χ2n) is 23.6. The van der Waals surface area contributed by atoms with Crippen LogP contribution in [0.1, 0.15) is 316 Å². The van der Waals surface area contributed by atoms with Crippen LogP contribution in [0.25, 0.3) is 0 Å². The van der Waals surface area contributed by atoms with Gasteiger partial charge in [0.1, 0.15) is 19.3 Å². The molecule has 0 aromatic heterocycles. The number of likely N-dealkylation sites (N-methyl/N-ethyl adjacent to an activating group) is 1. The van der Waals surface area contributed by atoms with E-state index >= 15 is 0 Å². The lowest BCUT2D eigenvalue weighted by atomic mass is 10.0. The molecule has 0 rings (SSSR count). The number of allylic oxidation sites excluding steroid dienone is 7. The van der Waals surface area contributed by atoms with E-state index in [0.29, 0.717) is 17.4 Å². The van der Waals surface area contributed by atoms with Crippen LogP contribution in [-0.2, 0) is 27.9 Å². The minimum Gasteiger partial charge on any atom is -0.756 e. The maximum absolute atomic E-state index is 13.5. The van der Waals surface area contributed by atoms with Gasteiger partial charge in [0.15, 0.2) is 0 Å². The molecular formula is C67H127N2O7P. The van der Waals surface area contributed by atoms with E-state index in [9.17, 15) is 19.0 Å². The number of carbonyl (C=O) groups is 2. The van der Waals surface area contributed by atoms with Crippen LogP contribution in [0.2, 0.25) is 0 Å². The summed E-state index contributed by atoms with van der Waals surface area (Å²) in [5.74, 6) is -0.540. The molecule has 9 nitrogen and oxygen atoms in total. The van der Waals surface area contributed by atoms with Gasteiger partial charge in [0.25, 0.3) is 7.82 Å². The van der Waals surface area contributed by atoms with Gasteiger partial charge in [0.05, 0.1) is 33.8 Å². The fraction of sp³-hybridized carbons (Fsp3) is 0.851. The number of nitrogens with zero attached hydrogens (tertiary/aromatic N) is 1. The molecule has 3 atom stereocenters. The summed E-state index contributed by atoms with van der Waals surface area (Å²) in [5.41, 5.74) is 0. The van der Waals surface area contributed by atoms with Crippen LogP contribution in [0.3, 0.4) is 0 Å². The smallest absolute Gasteiger partial charge is 0.306 e. The summed E-state index contributed by atoms with van der Waals surface area (Å²) in [5, 5.41) is 3.03. The van der Waals surface area contributed by atoms with Gasteiger partial charge >= 0.3 is 5.97 Å². The predicted octanol–water partition coefficient (Wildman–Crippen LogP) is 19.8. The highest BCUT2D eigenvalue weighted by Crippen LogP contribution is 2.38. The van der Waals surface area contributed by atoms with Gasteiger partial charge in [-0.25, -0.2) is 0 Å². The number of hydrogen-bond donors (Lipinski definition) is 1. The Kier molecular flexibility index (Phi) is 55.7. The van der Waals surface area contributed by atoms with E-state index in [4.69, 9.17) is 13.8 Å². The fourth-order valence-electron chi connectivity index (χ4n) is 9.67. The van der Waals surface area contributed by atoms with E-state index in [1.54, 1.807) is 0 Å². The lowest BCUT2D eigenvalue weighted by Crippen LogP contribution is -2.47. The summed E-state index contributed by atoms with van der Waals surface area (Å²) in [6.45, 7) is 6.76. The van der Waals surface area contributed by atoms with E-state index in [0.717, 1.165) is 83.5 Å². The van der Waals surface area contributed by atoms with Gasteiger partial charge in [-0.15, -0.1) is 0 Å². The molecule has 0 aromatic carbocycles. The summed E-state index contributed by atoms with van der Waals surface area (Å²) in [6.07, 6.45) is 70.9. The fourth-order valence-corrected chi connectivity index (χ4v) is 10.4. The van der Waals surface area contributed by atoms with Crippen molar-refractivity contribution in [2.75, 3.05) is 40.9 Å². The van der Waals surface area contributed by atoms with E-state index in [-0.39, 0.29) is 31.5 Å². The number of nitrogens with one attached hydrogen (secondary N) is 1. The molecule has 0 aliphatic heterocycles. The number of carbonyl (C=O) groups excluding carboxylic acids is 2. The van der Waals surface area contributed by atoms with Crippen LogP contribution in [0.4, 0.5) is 0 Å². The van der Waals surface area contributed by atoms with Crippen molar-refractivity contribution in [2.45, 2.75) is 328 Å². The molecule has 0 spiro atoms. The first-order valence-corrected chi connectivity index (χ1v) is 34.4. The van der Waals surface area contributed by atoms with Gasteiger partial charge < -0.3 is 28.5 Å². The lowest BCUT2D eigenvalue weighted by molar-refractivity contribution is -0.870. The summed E-state index contributed by atoms with van der Waals surface area (Å²) in [7, 11) is 1.19. The molecule has 0 saturated carbocycles. The molecular weight excluding hydrogens is 976 g/mol. The van der Waals surface area contributed by atoms with Crippen LogP contribution in [0.15, 0.2) is 48.6 Å². The van der Waals surface area contributed by atoms with Crippen molar-refractivity contribution >= 4 is 19.7 Å². The Balaban J connectivity index is 5.05. The van der Waals surface area contributed by atoms with Crippen molar-refractivity contribution in [3.05, 3.63) is 48.6 Å². The second-order valence-corrected chi connectivity index (χ2v) is 25.0. The summed E-state index contributed by atoms with van der Waals surface area (Å²) >= 11 is 0. The topological polar surface area (TPSA) is 114 Å². The normalized spacial score (nSPS) is 13.9. The van der Waals surface area contributed by atoms with Gasteiger partial charge in [0.2, 0.25) is 5.91 Å². The largest absolute Gasteiger partial charge is 0.756 e. The van der Waals surface area contributed by atoms with Crippen LogP contribution in [0.5, 0.6) is 0 Å². The first kappa shape index (κ1) is 75.0. The van der Waals surface area contributed by atoms with E-state index in [1.807, 2.05) is 33.3 Å². The minimum atomic E-state index is -4.70. The molecule has 3 unspecified atom stereocenters. The van der Waals surface area contributed by atoms with Gasteiger partial charge in [-0.05, 0) is 83.1 Å². The third-order valence-corrected chi connectivity index (χ3v) is 15.7. The molecule has 0 heterocycles. The van der Waals surface area contributed by atoms with Crippen molar-refractivity contribution in [1.82, 2.24) is 5.32 Å². The number of rotatable bonds is 60. The van der Waals surface area contributed by atoms with Crippen molar-refractivity contribution in [3.8, 4) is 0 Å². The third-order valence-electron chi connectivity index (χ3n) is 14.7. The molecule has 77 heavy (non-hydrogen) atoms. The van der Waals surface area contributed by atoms with Crippen molar-refractivity contribution in [1.29, 1.82) is 0 Å². The van der Waals surface area contributed by atoms with Gasteiger partial charge in [-0.2, -0.15) is 0 Å². The maximum Gasteiger partial charge on any atom is 0.306 e. The Hall–Kier alpha value is -2.03. The molecule has 0 radical (unpaired) electrons. The number of unbranched alkanes of at least 4 members (excludes halogenated alkanes) is 38. The highest BCUT2D eigenvalue weighted by Gasteiger charge is 2.27. The maximum atomic E-state index is 13.5. The number of phosphoric acid groups is 1. The lowest BCUT2D eigenvalue weighted by Gasteiger charge is -2.30. The molecule has 1 amide bonds. The Morgan fingerprint density at radius 3 is 1.25 bits per heavy atom. The third kappa shape index (κ3) is 58.4. The van der Waals surface area contributed by atoms with Gasteiger partial charge in [-0.1, -0.05) is 269 Å². The van der Waals surface area contributed by atoms with Crippen LogP contribution < -0.4 is 10.2 Å². The van der Waals surface area contributed by atoms with E-state index < -0.39 is 20.0 Å². The molecule has 0 aliphatic carbocycles. The number of phosphoric ester groups is 1. The zero-order chi connectivity index (χ0) is 56.4. The number of quaternary nitrogens is 1. The molecule has 10 heteroatoms. The van der Waals surface area contributed by atoms with Crippen molar-refractivity contribution in [2.24, 2.45) is 0 Å². The van der Waals surface area contributed by atoms with E-state index in [1.165, 1.54) is 199 Å². The first-order valence-electron chi connectivity index (χ1n) is 32.9. The minimum absolute atomic E-state index is 0.0231. The molecule has 1 N–H and O–H groups in total. The van der Waals surface area contributed by atoms with Gasteiger partial charge in [-0.3, -0.25) is 14.2 Å². The quantitative estimate of drug-likeness (QED) is 0.0212.